The molecule has 0 spiro atoms. The number of furan rings is 1. The molecule has 0 aliphatic heterocycles. The first-order valence-electron chi connectivity index (χ1n) is 15.5. The van der Waals surface area contributed by atoms with Gasteiger partial charge in [-0.05, 0) is 55.2 Å². The van der Waals surface area contributed by atoms with E-state index in [1.165, 1.54) is 19.3 Å². The molecule has 3 aromatic rings. The van der Waals surface area contributed by atoms with Gasteiger partial charge in [-0.25, -0.2) is 5.06 Å². The molecule has 2 aromatic carbocycles. The molecule has 0 bridgehead atoms. The third-order valence-electron chi connectivity index (χ3n) is 7.69. The van der Waals surface area contributed by atoms with Gasteiger partial charge in [0.1, 0.15) is 12.4 Å². The summed E-state index contributed by atoms with van der Waals surface area (Å²) in [5.41, 5.74) is 3.26. The first-order valence-corrected chi connectivity index (χ1v) is 17.3. The van der Waals surface area contributed by atoms with E-state index in [1.54, 1.807) is 12.1 Å². The summed E-state index contributed by atoms with van der Waals surface area (Å²) in [4.78, 5) is 44.2. The Kier molecular flexibility index (Phi) is 14.7. The summed E-state index contributed by atoms with van der Waals surface area (Å²) in [6.45, 7) is 5.97. The summed E-state index contributed by atoms with van der Waals surface area (Å²) in [6, 6.07) is 17.8. The van der Waals surface area contributed by atoms with Crippen LogP contribution in [-0.4, -0.2) is 50.2 Å². The normalized spacial score (nSPS) is 12.7. The number of hydrogen-bond acceptors (Lipinski definition) is 8. The molecule has 3 rings (SSSR count). The van der Waals surface area contributed by atoms with Gasteiger partial charge in [-0.2, -0.15) is 0 Å². The van der Waals surface area contributed by atoms with Gasteiger partial charge >= 0.3 is 7.60 Å². The molecule has 250 valence electrons. The number of aryl methyl sites for hydroxylation is 1. The van der Waals surface area contributed by atoms with Crippen molar-refractivity contribution in [3.63, 3.8) is 0 Å². The minimum atomic E-state index is -3.27. The lowest BCUT2D eigenvalue weighted by Crippen LogP contribution is -2.48. The van der Waals surface area contributed by atoms with E-state index in [-0.39, 0.29) is 31.1 Å². The molecule has 3 amide bonds. The molecule has 0 radical (unpaired) electrons. The van der Waals surface area contributed by atoms with E-state index in [0.29, 0.717) is 30.6 Å². The Hall–Kier alpha value is -3.76. The number of unbranched alkanes of at least 4 members (excludes halogenated alkanes) is 2. The number of amides is 3. The standard InChI is InChI=1S/C34H46N3O8P/c1-6-8-10-15-29(30(7-2)37(24-38)44-21-26-13-11-9-12-14-26)33(39)35-23-36-34(40)32-17-16-31(45-32)28-19-25(3)18-27(20-28)22-46(41,42-4)43-5/h9,11-14,16-20,24,29-30H,6-8,10,15,21-23H2,1-5H3,(H,35,39)(H,36,40)/t29-,30-/m1/s1. The van der Waals surface area contributed by atoms with Crippen LogP contribution >= 0.6 is 7.60 Å². The summed E-state index contributed by atoms with van der Waals surface area (Å²) in [6.07, 6.45) is 4.53. The molecule has 0 saturated carbocycles. The van der Waals surface area contributed by atoms with Gasteiger partial charge in [0.25, 0.3) is 5.91 Å². The van der Waals surface area contributed by atoms with Gasteiger partial charge in [0.05, 0.1) is 24.8 Å². The van der Waals surface area contributed by atoms with E-state index in [0.717, 1.165) is 36.0 Å². The van der Waals surface area contributed by atoms with Gasteiger partial charge in [-0.15, -0.1) is 0 Å². The molecule has 12 heteroatoms. The molecule has 2 N–H and O–H groups in total. The molecule has 0 fully saturated rings. The van der Waals surface area contributed by atoms with Crippen LogP contribution in [0.3, 0.4) is 0 Å². The van der Waals surface area contributed by atoms with Gasteiger partial charge in [0.2, 0.25) is 12.3 Å². The fourth-order valence-electron chi connectivity index (χ4n) is 5.25. The number of nitrogens with one attached hydrogen (secondary N) is 2. The van der Waals surface area contributed by atoms with E-state index in [2.05, 4.69) is 17.6 Å². The molecule has 0 unspecified atom stereocenters. The van der Waals surface area contributed by atoms with Crippen molar-refractivity contribution in [2.45, 2.75) is 71.7 Å². The van der Waals surface area contributed by atoms with Gasteiger partial charge in [-0.3, -0.25) is 23.8 Å². The average molecular weight is 656 g/mol. The van der Waals surface area contributed by atoms with Crippen molar-refractivity contribution in [3.8, 4) is 11.3 Å². The Labute approximate surface area is 271 Å². The maximum absolute atomic E-state index is 13.4. The van der Waals surface area contributed by atoms with Crippen LogP contribution in [0.2, 0.25) is 0 Å². The Morgan fingerprint density at radius 1 is 0.978 bits per heavy atom. The van der Waals surface area contributed by atoms with Gasteiger partial charge in [0, 0.05) is 19.8 Å². The number of carbonyl (C=O) groups excluding carboxylic acids is 3. The number of rotatable bonds is 20. The van der Waals surface area contributed by atoms with E-state index in [4.69, 9.17) is 18.3 Å². The van der Waals surface area contributed by atoms with Crippen molar-refractivity contribution >= 4 is 25.8 Å². The Balaban J connectivity index is 1.64. The number of hydroxylamine groups is 2. The lowest BCUT2D eigenvalue weighted by atomic mass is 9.90. The highest BCUT2D eigenvalue weighted by Crippen LogP contribution is 2.50. The minimum absolute atomic E-state index is 0.0686. The summed E-state index contributed by atoms with van der Waals surface area (Å²) < 4.78 is 28.6. The lowest BCUT2D eigenvalue weighted by Gasteiger charge is -2.32. The fourth-order valence-corrected chi connectivity index (χ4v) is 6.29. The SMILES string of the molecule is CCCCC[C@@H](C(=O)NCNC(=O)c1ccc(-c2cc(C)cc(CP(=O)(OC)OC)c2)o1)[C@@H](CC)N(C=O)OCc1ccccc1. The smallest absolute Gasteiger partial charge is 0.334 e. The van der Waals surface area contributed by atoms with E-state index < -0.39 is 25.5 Å². The number of hydrogen-bond donors (Lipinski definition) is 2. The third-order valence-corrected chi connectivity index (χ3v) is 9.55. The Bertz CT molecular complexity index is 1450. The van der Waals surface area contributed by atoms with Crippen molar-refractivity contribution in [3.05, 3.63) is 83.1 Å². The predicted molar refractivity (Wildman–Crippen MR) is 176 cm³/mol. The van der Waals surface area contributed by atoms with Crippen LogP contribution in [0.4, 0.5) is 0 Å². The zero-order chi connectivity index (χ0) is 33.5. The molecule has 1 aromatic heterocycles. The second-order valence-corrected chi connectivity index (χ2v) is 13.3. The Morgan fingerprint density at radius 3 is 2.37 bits per heavy atom. The van der Waals surface area contributed by atoms with Crippen molar-refractivity contribution in [2.24, 2.45) is 5.92 Å². The highest BCUT2D eigenvalue weighted by atomic mass is 31.2. The average Bonchev–Trinajstić information content (AvgIpc) is 3.56. The molecular weight excluding hydrogens is 609 g/mol. The maximum Gasteiger partial charge on any atom is 0.334 e. The summed E-state index contributed by atoms with van der Waals surface area (Å²) in [5, 5.41) is 6.73. The molecule has 0 aliphatic carbocycles. The van der Waals surface area contributed by atoms with E-state index >= 15 is 0 Å². The van der Waals surface area contributed by atoms with Gasteiger partial charge < -0.3 is 24.1 Å². The summed E-state index contributed by atoms with van der Waals surface area (Å²) in [5.74, 6) is -0.797. The number of nitrogens with zero attached hydrogens (tertiary/aromatic N) is 1. The number of benzene rings is 2. The van der Waals surface area contributed by atoms with Crippen LogP contribution in [0.5, 0.6) is 0 Å². The second kappa shape index (κ2) is 18.4. The molecule has 11 nitrogen and oxygen atoms in total. The lowest BCUT2D eigenvalue weighted by molar-refractivity contribution is -0.200. The highest BCUT2D eigenvalue weighted by molar-refractivity contribution is 7.52. The van der Waals surface area contributed by atoms with Crippen LogP contribution < -0.4 is 10.6 Å². The molecule has 2 atom stereocenters. The zero-order valence-corrected chi connectivity index (χ0v) is 28.2. The molecule has 1 heterocycles. The van der Waals surface area contributed by atoms with Crippen LogP contribution in [0.25, 0.3) is 11.3 Å². The van der Waals surface area contributed by atoms with Crippen LogP contribution in [-0.2, 0) is 40.8 Å². The molecule has 46 heavy (non-hydrogen) atoms. The first kappa shape index (κ1) is 36.7. The van der Waals surface area contributed by atoms with Crippen molar-refractivity contribution < 1.29 is 37.3 Å². The summed E-state index contributed by atoms with van der Waals surface area (Å²) in [7, 11) is -0.581. The van der Waals surface area contributed by atoms with Crippen LogP contribution in [0.15, 0.2) is 65.1 Å². The van der Waals surface area contributed by atoms with E-state index in [9.17, 15) is 18.9 Å². The molecule has 0 aliphatic rings. The zero-order valence-electron chi connectivity index (χ0n) is 27.3. The number of carbonyl (C=O) groups is 3. The van der Waals surface area contributed by atoms with Crippen molar-refractivity contribution in [2.75, 3.05) is 20.9 Å². The van der Waals surface area contributed by atoms with Crippen molar-refractivity contribution in [1.29, 1.82) is 0 Å². The largest absolute Gasteiger partial charge is 0.451 e. The van der Waals surface area contributed by atoms with Gasteiger partial charge in [0.15, 0.2) is 5.76 Å². The van der Waals surface area contributed by atoms with Crippen LogP contribution in [0, 0.1) is 12.8 Å². The molecule has 0 saturated heterocycles. The second-order valence-electron chi connectivity index (χ2n) is 11.0. The van der Waals surface area contributed by atoms with E-state index in [1.807, 2.05) is 62.4 Å². The highest BCUT2D eigenvalue weighted by Gasteiger charge is 2.32. The third kappa shape index (κ3) is 10.7. The van der Waals surface area contributed by atoms with Gasteiger partial charge in [-0.1, -0.05) is 75.1 Å². The Morgan fingerprint density at radius 2 is 1.72 bits per heavy atom. The van der Waals surface area contributed by atoms with Crippen molar-refractivity contribution in [1.82, 2.24) is 15.7 Å². The predicted octanol–water partition coefficient (Wildman–Crippen LogP) is 6.61. The minimum Gasteiger partial charge on any atom is -0.451 e. The first-order chi connectivity index (χ1) is 22.2. The topological polar surface area (TPSA) is 136 Å². The monoisotopic (exact) mass is 655 g/mol. The summed E-state index contributed by atoms with van der Waals surface area (Å²) >= 11 is 0. The molecular formula is C34H46N3O8P. The fraction of sp³-hybridized carbons (Fsp3) is 0.441. The maximum atomic E-state index is 13.4. The van der Waals surface area contributed by atoms with Crippen LogP contribution in [0.1, 0.15) is 73.2 Å². The quantitative estimate of drug-likeness (QED) is 0.0456.